The van der Waals surface area contributed by atoms with Crippen LogP contribution in [0.15, 0.2) is 48.5 Å². The fourth-order valence-corrected chi connectivity index (χ4v) is 4.06. The highest BCUT2D eigenvalue weighted by Crippen LogP contribution is 2.41. The Morgan fingerprint density at radius 2 is 1.17 bits per heavy atom. The number of hydrogen-bond donors (Lipinski definition) is 0. The molecular formula is C21H18N2. The van der Waals surface area contributed by atoms with E-state index in [4.69, 9.17) is 9.97 Å². The molecule has 112 valence electrons. The number of rotatable bonds is 0. The van der Waals surface area contributed by atoms with E-state index in [2.05, 4.69) is 62.4 Å². The van der Waals surface area contributed by atoms with Crippen LogP contribution in [0.5, 0.6) is 0 Å². The molecule has 1 aliphatic carbocycles. The van der Waals surface area contributed by atoms with Gasteiger partial charge in [-0.3, -0.25) is 9.97 Å². The van der Waals surface area contributed by atoms with Gasteiger partial charge in [0.2, 0.25) is 0 Å². The fourth-order valence-electron chi connectivity index (χ4n) is 4.06. The van der Waals surface area contributed by atoms with Crippen molar-refractivity contribution >= 4 is 32.6 Å². The zero-order valence-electron chi connectivity index (χ0n) is 13.4. The zero-order chi connectivity index (χ0) is 15.6. The monoisotopic (exact) mass is 298 g/mol. The first kappa shape index (κ1) is 13.0. The number of benzene rings is 2. The first-order valence-corrected chi connectivity index (χ1v) is 8.21. The van der Waals surface area contributed by atoms with E-state index < -0.39 is 0 Å². The minimum absolute atomic E-state index is 0.213. The summed E-state index contributed by atoms with van der Waals surface area (Å²) < 4.78 is 0. The van der Waals surface area contributed by atoms with Crippen molar-refractivity contribution in [2.75, 3.05) is 0 Å². The van der Waals surface area contributed by atoms with Crippen LogP contribution in [-0.4, -0.2) is 9.97 Å². The van der Waals surface area contributed by atoms with E-state index in [1.165, 1.54) is 32.9 Å². The molecule has 0 aliphatic heterocycles. The highest BCUT2D eigenvalue weighted by atomic mass is 14.8. The summed E-state index contributed by atoms with van der Waals surface area (Å²) in [5.41, 5.74) is 4.82. The summed E-state index contributed by atoms with van der Waals surface area (Å²) in [6.45, 7) is 4.63. The van der Waals surface area contributed by atoms with Gasteiger partial charge in [0.25, 0.3) is 0 Å². The van der Waals surface area contributed by atoms with Crippen molar-refractivity contribution in [2.24, 2.45) is 5.41 Å². The van der Waals surface area contributed by atoms with Gasteiger partial charge in [0.05, 0.1) is 22.4 Å². The minimum Gasteiger partial charge on any atom is -0.252 e. The second kappa shape index (κ2) is 4.29. The summed E-state index contributed by atoms with van der Waals surface area (Å²) in [4.78, 5) is 9.99. The summed E-state index contributed by atoms with van der Waals surface area (Å²) in [5, 5.41) is 5.11. The van der Waals surface area contributed by atoms with Crippen LogP contribution in [0.2, 0.25) is 0 Å². The standard InChI is InChI=1S/C21H18N2/c1-21(2)11-17-20-18(12-21)23-16-10-6-4-8-14(16)19(20)13-7-3-5-9-15(13)22-17/h3-10H,11-12H2,1-2H3. The largest absolute Gasteiger partial charge is 0.252 e. The maximum Gasteiger partial charge on any atom is 0.0712 e. The molecule has 0 radical (unpaired) electrons. The molecule has 23 heavy (non-hydrogen) atoms. The Kier molecular flexibility index (Phi) is 2.42. The van der Waals surface area contributed by atoms with Crippen molar-refractivity contribution in [2.45, 2.75) is 26.7 Å². The molecule has 0 spiro atoms. The topological polar surface area (TPSA) is 25.8 Å². The molecule has 2 aromatic heterocycles. The molecule has 0 amide bonds. The highest BCUT2D eigenvalue weighted by molar-refractivity contribution is 6.19. The zero-order valence-corrected chi connectivity index (χ0v) is 13.4. The second-order valence-electron chi connectivity index (χ2n) is 7.42. The average molecular weight is 298 g/mol. The molecule has 2 heteroatoms. The first-order chi connectivity index (χ1) is 11.1. The van der Waals surface area contributed by atoms with Crippen LogP contribution in [0.4, 0.5) is 0 Å². The average Bonchev–Trinajstić information content (AvgIpc) is 2.53. The summed E-state index contributed by atoms with van der Waals surface area (Å²) >= 11 is 0. The van der Waals surface area contributed by atoms with Crippen LogP contribution < -0.4 is 0 Å². The third kappa shape index (κ3) is 1.81. The van der Waals surface area contributed by atoms with Crippen molar-refractivity contribution in [3.63, 3.8) is 0 Å². The van der Waals surface area contributed by atoms with E-state index in [0.717, 1.165) is 23.9 Å². The Bertz CT molecular complexity index is 1010. The van der Waals surface area contributed by atoms with E-state index in [0.29, 0.717) is 0 Å². The maximum atomic E-state index is 5.00. The SMILES string of the molecule is CC1(C)Cc2nc3ccccc3c3c2c(nc2ccccc23)C1. The van der Waals surface area contributed by atoms with E-state index in [1.807, 2.05) is 0 Å². The van der Waals surface area contributed by atoms with Gasteiger partial charge in [-0.1, -0.05) is 50.2 Å². The molecule has 2 aromatic carbocycles. The van der Waals surface area contributed by atoms with Gasteiger partial charge in [-0.25, -0.2) is 0 Å². The predicted molar refractivity (Wildman–Crippen MR) is 95.7 cm³/mol. The predicted octanol–water partition coefficient (Wildman–Crippen LogP) is 5.06. The lowest BCUT2D eigenvalue weighted by Gasteiger charge is -2.31. The molecule has 0 fully saturated rings. The number of aromatic nitrogens is 2. The van der Waals surface area contributed by atoms with Gasteiger partial charge in [0.15, 0.2) is 0 Å². The number of pyridine rings is 2. The quantitative estimate of drug-likeness (QED) is 0.424. The summed E-state index contributed by atoms with van der Waals surface area (Å²) in [6, 6.07) is 17.0. The lowest BCUT2D eigenvalue weighted by molar-refractivity contribution is 0.348. The van der Waals surface area contributed by atoms with Gasteiger partial charge in [-0.2, -0.15) is 0 Å². The van der Waals surface area contributed by atoms with Gasteiger partial charge in [-0.05, 0) is 30.4 Å². The normalized spacial score (nSPS) is 16.3. The molecule has 2 heterocycles. The summed E-state index contributed by atoms with van der Waals surface area (Å²) in [6.07, 6.45) is 2.03. The van der Waals surface area contributed by atoms with Gasteiger partial charge in [-0.15, -0.1) is 0 Å². The Balaban J connectivity index is 2.10. The third-order valence-electron chi connectivity index (χ3n) is 4.98. The number of para-hydroxylation sites is 2. The van der Waals surface area contributed by atoms with Crippen molar-refractivity contribution in [1.29, 1.82) is 0 Å². The maximum absolute atomic E-state index is 5.00. The lowest BCUT2D eigenvalue weighted by Crippen LogP contribution is -2.24. The Morgan fingerprint density at radius 1 is 0.696 bits per heavy atom. The fraction of sp³-hybridized carbons (Fsp3) is 0.238. The Labute approximate surface area is 135 Å². The van der Waals surface area contributed by atoms with E-state index in [9.17, 15) is 0 Å². The van der Waals surface area contributed by atoms with Crippen molar-refractivity contribution < 1.29 is 0 Å². The van der Waals surface area contributed by atoms with Crippen LogP contribution in [0.3, 0.4) is 0 Å². The van der Waals surface area contributed by atoms with Crippen LogP contribution in [-0.2, 0) is 12.8 Å². The second-order valence-corrected chi connectivity index (χ2v) is 7.42. The Hall–Kier alpha value is -2.48. The number of hydrogen-bond acceptors (Lipinski definition) is 2. The summed E-state index contributed by atoms with van der Waals surface area (Å²) in [7, 11) is 0. The van der Waals surface area contributed by atoms with E-state index in [-0.39, 0.29) is 5.41 Å². The van der Waals surface area contributed by atoms with Gasteiger partial charge < -0.3 is 0 Å². The number of nitrogens with zero attached hydrogens (tertiary/aromatic N) is 2. The van der Waals surface area contributed by atoms with Gasteiger partial charge >= 0.3 is 0 Å². The molecule has 0 atom stereocenters. The van der Waals surface area contributed by atoms with E-state index >= 15 is 0 Å². The van der Waals surface area contributed by atoms with Crippen molar-refractivity contribution in [3.05, 3.63) is 59.9 Å². The van der Waals surface area contributed by atoms with Crippen LogP contribution in [0.1, 0.15) is 25.2 Å². The van der Waals surface area contributed by atoms with E-state index in [1.54, 1.807) is 0 Å². The van der Waals surface area contributed by atoms with Gasteiger partial charge in [0, 0.05) is 21.5 Å². The molecule has 1 aliphatic rings. The smallest absolute Gasteiger partial charge is 0.0712 e. The molecule has 4 aromatic rings. The molecule has 0 N–H and O–H groups in total. The lowest BCUT2D eigenvalue weighted by atomic mass is 9.76. The molecule has 0 saturated heterocycles. The van der Waals surface area contributed by atoms with Crippen LogP contribution in [0, 0.1) is 5.41 Å². The summed E-state index contributed by atoms with van der Waals surface area (Å²) in [5.74, 6) is 0. The first-order valence-electron chi connectivity index (χ1n) is 8.21. The number of fused-ring (bicyclic) bond motifs is 4. The third-order valence-corrected chi connectivity index (χ3v) is 4.98. The molecule has 0 saturated carbocycles. The van der Waals surface area contributed by atoms with Gasteiger partial charge in [0.1, 0.15) is 0 Å². The molecule has 2 nitrogen and oxygen atoms in total. The van der Waals surface area contributed by atoms with Crippen LogP contribution >= 0.6 is 0 Å². The highest BCUT2D eigenvalue weighted by Gasteiger charge is 2.30. The minimum atomic E-state index is 0.213. The Morgan fingerprint density at radius 3 is 1.70 bits per heavy atom. The molecule has 0 unspecified atom stereocenters. The van der Waals surface area contributed by atoms with Crippen molar-refractivity contribution in [1.82, 2.24) is 9.97 Å². The van der Waals surface area contributed by atoms with Crippen molar-refractivity contribution in [3.8, 4) is 0 Å². The molecular weight excluding hydrogens is 280 g/mol. The molecule has 5 rings (SSSR count). The van der Waals surface area contributed by atoms with Crippen LogP contribution in [0.25, 0.3) is 32.6 Å². The molecule has 0 bridgehead atoms.